The third-order valence-corrected chi connectivity index (χ3v) is 4.86. The van der Waals surface area contributed by atoms with E-state index in [0.29, 0.717) is 0 Å². The Balaban J connectivity index is 1.69. The molecule has 0 radical (unpaired) electrons. The first-order valence-electron chi connectivity index (χ1n) is 8.96. The summed E-state index contributed by atoms with van der Waals surface area (Å²) in [4.78, 5) is 12.8. The normalized spacial score (nSPS) is 22.1. The van der Waals surface area contributed by atoms with E-state index in [-0.39, 0.29) is 18.1 Å². The highest BCUT2D eigenvalue weighted by Gasteiger charge is 2.39. The summed E-state index contributed by atoms with van der Waals surface area (Å²) in [5, 5.41) is 3.51. The van der Waals surface area contributed by atoms with E-state index in [4.69, 9.17) is 9.47 Å². The molecule has 3 atom stereocenters. The van der Waals surface area contributed by atoms with Gasteiger partial charge in [-0.15, -0.1) is 0 Å². The minimum absolute atomic E-state index is 0.140. The number of esters is 1. The first-order valence-corrected chi connectivity index (χ1v) is 8.96. The molecular weight excluding hydrogens is 338 g/mol. The van der Waals surface area contributed by atoms with Gasteiger partial charge in [0.2, 0.25) is 0 Å². The van der Waals surface area contributed by atoms with Crippen molar-refractivity contribution in [2.24, 2.45) is 0 Å². The zero-order valence-corrected chi connectivity index (χ0v) is 15.0. The zero-order valence-electron chi connectivity index (χ0n) is 15.0. The fraction of sp³-hybridized carbons (Fsp3) is 0.174. The predicted octanol–water partition coefficient (Wildman–Crippen LogP) is 4.37. The van der Waals surface area contributed by atoms with Gasteiger partial charge in [0.15, 0.2) is 0 Å². The van der Waals surface area contributed by atoms with Crippen molar-refractivity contribution in [3.8, 4) is 5.75 Å². The molecule has 27 heavy (non-hydrogen) atoms. The maximum atomic E-state index is 12.8. The van der Waals surface area contributed by atoms with E-state index in [9.17, 15) is 4.79 Å². The van der Waals surface area contributed by atoms with Crippen molar-refractivity contribution in [1.29, 1.82) is 0 Å². The van der Waals surface area contributed by atoms with Crippen LogP contribution in [-0.4, -0.2) is 13.1 Å². The van der Waals surface area contributed by atoms with E-state index in [1.54, 1.807) is 7.11 Å². The number of nitrogens with one attached hydrogen (secondary N) is 1. The van der Waals surface area contributed by atoms with Gasteiger partial charge in [-0.3, -0.25) is 5.32 Å². The van der Waals surface area contributed by atoms with E-state index in [1.807, 2.05) is 72.8 Å². The standard InChI is InChI=1S/C23H21NO3/c1-26-19-14-12-17(13-15-19)21-23(25)27-22(18-10-6-3-7-11-18)20(24-21)16-8-4-2-5-9-16/h2-15,20-22,24H,1H3/t20-,21+,22+/m0/s1. The van der Waals surface area contributed by atoms with Gasteiger partial charge in [0.25, 0.3) is 0 Å². The molecule has 4 rings (SSSR count). The Bertz CT molecular complexity index is 894. The monoisotopic (exact) mass is 359 g/mol. The third kappa shape index (κ3) is 3.57. The van der Waals surface area contributed by atoms with E-state index in [1.165, 1.54) is 0 Å². The van der Waals surface area contributed by atoms with Crippen LogP contribution in [-0.2, 0) is 9.53 Å². The molecule has 3 aromatic rings. The number of hydrogen-bond donors (Lipinski definition) is 1. The van der Waals surface area contributed by atoms with Gasteiger partial charge in [0.05, 0.1) is 13.2 Å². The highest BCUT2D eigenvalue weighted by atomic mass is 16.5. The molecule has 0 bridgehead atoms. The average Bonchev–Trinajstić information content (AvgIpc) is 2.75. The summed E-state index contributed by atoms with van der Waals surface area (Å²) in [5.41, 5.74) is 2.91. The Morgan fingerprint density at radius 3 is 1.96 bits per heavy atom. The largest absolute Gasteiger partial charge is 0.497 e. The number of cyclic esters (lactones) is 1. The van der Waals surface area contributed by atoms with Crippen LogP contribution in [0.5, 0.6) is 5.75 Å². The number of carbonyl (C=O) groups is 1. The lowest BCUT2D eigenvalue weighted by molar-refractivity contribution is -0.161. The summed E-state index contributed by atoms with van der Waals surface area (Å²) in [6.45, 7) is 0. The van der Waals surface area contributed by atoms with Crippen molar-refractivity contribution < 1.29 is 14.3 Å². The van der Waals surface area contributed by atoms with Crippen molar-refractivity contribution in [1.82, 2.24) is 5.32 Å². The second kappa shape index (κ2) is 7.64. The Morgan fingerprint density at radius 2 is 1.37 bits per heavy atom. The SMILES string of the molecule is COc1ccc([C@H]2N[C@@H](c3ccccc3)[C@@H](c3ccccc3)OC2=O)cc1. The summed E-state index contributed by atoms with van der Waals surface area (Å²) < 4.78 is 11.1. The Hall–Kier alpha value is -3.11. The molecule has 136 valence electrons. The fourth-order valence-electron chi connectivity index (χ4n) is 3.46. The number of ether oxygens (including phenoxy) is 2. The maximum absolute atomic E-state index is 12.8. The van der Waals surface area contributed by atoms with Gasteiger partial charge in [-0.05, 0) is 28.8 Å². The van der Waals surface area contributed by atoms with Crippen LogP contribution < -0.4 is 10.1 Å². The summed E-state index contributed by atoms with van der Waals surface area (Å²) >= 11 is 0. The molecule has 1 aliphatic heterocycles. The molecular formula is C23H21NO3. The molecule has 0 unspecified atom stereocenters. The lowest BCUT2D eigenvalue weighted by atomic mass is 9.91. The van der Waals surface area contributed by atoms with Crippen molar-refractivity contribution >= 4 is 5.97 Å². The number of methoxy groups -OCH3 is 1. The van der Waals surface area contributed by atoms with Gasteiger partial charge < -0.3 is 9.47 Å². The molecule has 0 saturated carbocycles. The lowest BCUT2D eigenvalue weighted by Gasteiger charge is -2.37. The second-order valence-electron chi connectivity index (χ2n) is 6.53. The molecule has 3 aromatic carbocycles. The summed E-state index contributed by atoms with van der Waals surface area (Å²) in [6, 6.07) is 26.8. The molecule has 0 aliphatic carbocycles. The molecule has 0 amide bonds. The van der Waals surface area contributed by atoms with E-state index >= 15 is 0 Å². The van der Waals surface area contributed by atoms with Gasteiger partial charge in [0.1, 0.15) is 17.9 Å². The lowest BCUT2D eigenvalue weighted by Crippen LogP contribution is -2.43. The van der Waals surface area contributed by atoms with Gasteiger partial charge in [0, 0.05) is 0 Å². The van der Waals surface area contributed by atoms with Crippen LogP contribution >= 0.6 is 0 Å². The topological polar surface area (TPSA) is 47.6 Å². The first-order chi connectivity index (χ1) is 13.3. The Morgan fingerprint density at radius 1 is 0.778 bits per heavy atom. The molecule has 1 N–H and O–H groups in total. The van der Waals surface area contributed by atoms with Crippen LogP contribution in [0, 0.1) is 0 Å². The fourth-order valence-corrected chi connectivity index (χ4v) is 3.46. The Kier molecular flexibility index (Phi) is 4.90. The van der Waals surface area contributed by atoms with Crippen LogP contribution in [0.25, 0.3) is 0 Å². The minimum Gasteiger partial charge on any atom is -0.497 e. The Labute approximate surface area is 158 Å². The van der Waals surface area contributed by atoms with Gasteiger partial charge in [-0.2, -0.15) is 0 Å². The smallest absolute Gasteiger partial charge is 0.328 e. The van der Waals surface area contributed by atoms with Crippen molar-refractivity contribution in [2.45, 2.75) is 18.2 Å². The van der Waals surface area contributed by atoms with Gasteiger partial charge >= 0.3 is 5.97 Å². The molecule has 0 aromatic heterocycles. The quantitative estimate of drug-likeness (QED) is 0.703. The van der Waals surface area contributed by atoms with Gasteiger partial charge in [-0.25, -0.2) is 4.79 Å². The number of morpholine rings is 1. The maximum Gasteiger partial charge on any atom is 0.328 e. The summed E-state index contributed by atoms with van der Waals surface area (Å²) in [6.07, 6.45) is -0.379. The zero-order chi connectivity index (χ0) is 18.6. The number of benzene rings is 3. The molecule has 4 nitrogen and oxygen atoms in total. The molecule has 0 spiro atoms. The van der Waals surface area contributed by atoms with Crippen molar-refractivity contribution in [2.75, 3.05) is 7.11 Å². The average molecular weight is 359 g/mol. The molecule has 1 saturated heterocycles. The minimum atomic E-state index is -0.527. The summed E-state index contributed by atoms with van der Waals surface area (Å²) in [7, 11) is 1.62. The molecule has 1 aliphatic rings. The summed E-state index contributed by atoms with van der Waals surface area (Å²) in [5.74, 6) is 0.478. The van der Waals surface area contributed by atoms with Gasteiger partial charge in [-0.1, -0.05) is 72.8 Å². The molecule has 1 heterocycles. The van der Waals surface area contributed by atoms with E-state index in [2.05, 4.69) is 17.4 Å². The van der Waals surface area contributed by atoms with Crippen LogP contribution in [0.4, 0.5) is 0 Å². The van der Waals surface area contributed by atoms with Crippen molar-refractivity contribution in [3.05, 3.63) is 102 Å². The first kappa shape index (κ1) is 17.3. The predicted molar refractivity (Wildman–Crippen MR) is 103 cm³/mol. The van der Waals surface area contributed by atoms with Crippen LogP contribution in [0.2, 0.25) is 0 Å². The number of hydrogen-bond acceptors (Lipinski definition) is 4. The molecule has 4 heteroatoms. The molecule has 1 fully saturated rings. The van der Waals surface area contributed by atoms with Crippen LogP contribution in [0.1, 0.15) is 34.9 Å². The van der Waals surface area contributed by atoms with E-state index in [0.717, 1.165) is 22.4 Å². The highest BCUT2D eigenvalue weighted by molar-refractivity contribution is 5.79. The van der Waals surface area contributed by atoms with Crippen LogP contribution in [0.3, 0.4) is 0 Å². The van der Waals surface area contributed by atoms with Crippen molar-refractivity contribution in [3.63, 3.8) is 0 Å². The number of rotatable bonds is 4. The third-order valence-electron chi connectivity index (χ3n) is 4.86. The van der Waals surface area contributed by atoms with Crippen LogP contribution in [0.15, 0.2) is 84.9 Å². The van der Waals surface area contributed by atoms with E-state index < -0.39 is 6.04 Å². The highest BCUT2D eigenvalue weighted by Crippen LogP contribution is 2.39. The second-order valence-corrected chi connectivity index (χ2v) is 6.53. The number of carbonyl (C=O) groups excluding carboxylic acids is 1.